The zero-order chi connectivity index (χ0) is 15.2. The van der Waals surface area contributed by atoms with E-state index in [0.717, 1.165) is 12.8 Å². The van der Waals surface area contributed by atoms with Crippen LogP contribution >= 0.6 is 0 Å². The van der Waals surface area contributed by atoms with Crippen LogP contribution in [0.1, 0.15) is 37.0 Å². The number of amides is 1. The van der Waals surface area contributed by atoms with Crippen LogP contribution in [0.2, 0.25) is 0 Å². The first kappa shape index (κ1) is 16.4. The second-order valence-corrected chi connectivity index (χ2v) is 5.53. The normalized spacial score (nSPS) is 11.2. The Hall–Kier alpha value is -1.62. The van der Waals surface area contributed by atoms with Gasteiger partial charge in [-0.1, -0.05) is 13.8 Å². The minimum atomic E-state index is -0.600. The highest BCUT2D eigenvalue weighted by molar-refractivity contribution is 5.94. The Morgan fingerprint density at radius 1 is 1.45 bits per heavy atom. The number of ether oxygens (including phenoxy) is 1. The Labute approximate surface area is 119 Å². The van der Waals surface area contributed by atoms with Gasteiger partial charge in [0.1, 0.15) is 11.6 Å². The molecule has 0 unspecified atom stereocenters. The number of hydrogen-bond donors (Lipinski definition) is 2. The molecule has 0 atom stereocenters. The second kappa shape index (κ2) is 7.24. The Balaban J connectivity index is 2.47. The number of aliphatic hydroxyl groups excluding tert-OH is 1. The van der Waals surface area contributed by atoms with E-state index in [9.17, 15) is 9.18 Å². The molecule has 0 saturated heterocycles. The lowest BCUT2D eigenvalue weighted by atomic mass is 9.89. The predicted octanol–water partition coefficient (Wildman–Crippen LogP) is 2.36. The molecule has 0 aliphatic rings. The summed E-state index contributed by atoms with van der Waals surface area (Å²) in [7, 11) is 1.44. The van der Waals surface area contributed by atoms with Gasteiger partial charge in [-0.15, -0.1) is 0 Å². The van der Waals surface area contributed by atoms with Gasteiger partial charge >= 0.3 is 0 Å². The summed E-state index contributed by atoms with van der Waals surface area (Å²) in [5.41, 5.74) is -0.150. The van der Waals surface area contributed by atoms with Crippen LogP contribution in [0, 0.1) is 11.2 Å². The van der Waals surface area contributed by atoms with Crippen LogP contribution in [-0.4, -0.2) is 31.3 Å². The number of hydrogen-bond acceptors (Lipinski definition) is 3. The van der Waals surface area contributed by atoms with Crippen molar-refractivity contribution in [3.8, 4) is 5.75 Å². The average Bonchev–Trinajstić information content (AvgIpc) is 2.43. The van der Waals surface area contributed by atoms with E-state index < -0.39 is 11.7 Å². The van der Waals surface area contributed by atoms with Crippen molar-refractivity contribution < 1.29 is 19.0 Å². The molecule has 1 aromatic rings. The molecule has 1 rings (SSSR count). The summed E-state index contributed by atoms with van der Waals surface area (Å²) in [6, 6.07) is 4.14. The molecule has 20 heavy (non-hydrogen) atoms. The van der Waals surface area contributed by atoms with Gasteiger partial charge in [-0.25, -0.2) is 4.39 Å². The lowest BCUT2D eigenvalue weighted by Gasteiger charge is -2.21. The van der Waals surface area contributed by atoms with Gasteiger partial charge < -0.3 is 15.2 Å². The van der Waals surface area contributed by atoms with Crippen LogP contribution in [0.5, 0.6) is 5.75 Å². The van der Waals surface area contributed by atoms with E-state index in [-0.39, 0.29) is 17.6 Å². The minimum absolute atomic E-state index is 0.00668. The number of methoxy groups -OCH3 is 1. The van der Waals surface area contributed by atoms with Gasteiger partial charge in [-0.3, -0.25) is 4.79 Å². The van der Waals surface area contributed by atoms with Gasteiger partial charge in [0.15, 0.2) is 0 Å². The maximum Gasteiger partial charge on any atom is 0.254 e. The molecule has 2 N–H and O–H groups in total. The van der Waals surface area contributed by atoms with Gasteiger partial charge in [-0.2, -0.15) is 0 Å². The van der Waals surface area contributed by atoms with Crippen LogP contribution in [0.25, 0.3) is 0 Å². The van der Waals surface area contributed by atoms with E-state index in [0.29, 0.717) is 12.3 Å². The molecule has 0 fully saturated rings. The van der Waals surface area contributed by atoms with Crippen molar-refractivity contribution >= 4 is 5.91 Å². The van der Waals surface area contributed by atoms with E-state index in [1.165, 1.54) is 19.2 Å². The largest absolute Gasteiger partial charge is 0.497 e. The molecule has 0 radical (unpaired) electrons. The Morgan fingerprint density at radius 2 is 2.15 bits per heavy atom. The maximum absolute atomic E-state index is 13.7. The van der Waals surface area contributed by atoms with Gasteiger partial charge in [0, 0.05) is 19.2 Å². The van der Waals surface area contributed by atoms with E-state index in [4.69, 9.17) is 9.84 Å². The monoisotopic (exact) mass is 283 g/mol. The summed E-state index contributed by atoms with van der Waals surface area (Å²) >= 11 is 0. The van der Waals surface area contributed by atoms with Crippen molar-refractivity contribution in [2.75, 3.05) is 20.3 Å². The summed E-state index contributed by atoms with van der Waals surface area (Å²) in [5, 5.41) is 11.8. The topological polar surface area (TPSA) is 58.6 Å². The molecule has 1 aromatic carbocycles. The summed E-state index contributed by atoms with van der Waals surface area (Å²) in [6.45, 7) is 4.47. The predicted molar refractivity (Wildman–Crippen MR) is 75.4 cm³/mol. The highest BCUT2D eigenvalue weighted by Gasteiger charge is 2.16. The fourth-order valence-corrected chi connectivity index (χ4v) is 1.75. The van der Waals surface area contributed by atoms with Gasteiger partial charge in [0.25, 0.3) is 5.91 Å². The standard InChI is InChI=1S/C15H22FNO3/c1-15(2,10-18)7-4-8-17-14(19)12-6-5-11(20-3)9-13(12)16/h5-6,9,18H,4,7-8,10H2,1-3H3,(H,17,19). The van der Waals surface area contributed by atoms with Crippen molar-refractivity contribution in [1.29, 1.82) is 0 Å². The number of carbonyl (C=O) groups is 1. The van der Waals surface area contributed by atoms with Crippen molar-refractivity contribution in [2.45, 2.75) is 26.7 Å². The van der Waals surface area contributed by atoms with Crippen molar-refractivity contribution in [2.24, 2.45) is 5.41 Å². The van der Waals surface area contributed by atoms with E-state index in [1.807, 2.05) is 13.8 Å². The fraction of sp³-hybridized carbons (Fsp3) is 0.533. The van der Waals surface area contributed by atoms with Gasteiger partial charge in [0.2, 0.25) is 0 Å². The lowest BCUT2D eigenvalue weighted by molar-refractivity contribution is 0.0944. The molecule has 0 spiro atoms. The molecule has 0 aliphatic heterocycles. The van der Waals surface area contributed by atoms with Crippen molar-refractivity contribution in [3.63, 3.8) is 0 Å². The molecular formula is C15H22FNO3. The summed E-state index contributed by atoms with van der Waals surface area (Å²) in [5.74, 6) is -0.659. The third-order valence-electron chi connectivity index (χ3n) is 3.16. The molecular weight excluding hydrogens is 261 g/mol. The molecule has 0 bridgehead atoms. The molecule has 112 valence electrons. The first-order valence-corrected chi connectivity index (χ1v) is 6.62. The highest BCUT2D eigenvalue weighted by atomic mass is 19.1. The molecule has 1 amide bonds. The molecule has 0 saturated carbocycles. The number of carbonyl (C=O) groups excluding carboxylic acids is 1. The third kappa shape index (κ3) is 4.81. The first-order chi connectivity index (χ1) is 9.39. The molecule has 5 heteroatoms. The van der Waals surface area contributed by atoms with Crippen LogP contribution in [0.3, 0.4) is 0 Å². The van der Waals surface area contributed by atoms with Crippen LogP contribution in [0.4, 0.5) is 4.39 Å². The summed E-state index contributed by atoms with van der Waals surface area (Å²) < 4.78 is 18.5. The zero-order valence-electron chi connectivity index (χ0n) is 12.2. The highest BCUT2D eigenvalue weighted by Crippen LogP contribution is 2.20. The maximum atomic E-state index is 13.7. The Kier molecular flexibility index (Phi) is 5.95. The fourth-order valence-electron chi connectivity index (χ4n) is 1.75. The summed E-state index contributed by atoms with van der Waals surface area (Å²) in [6.07, 6.45) is 1.52. The van der Waals surface area contributed by atoms with Crippen molar-refractivity contribution in [3.05, 3.63) is 29.6 Å². The number of nitrogens with one attached hydrogen (secondary N) is 1. The smallest absolute Gasteiger partial charge is 0.254 e. The average molecular weight is 283 g/mol. The Morgan fingerprint density at radius 3 is 2.70 bits per heavy atom. The SMILES string of the molecule is COc1ccc(C(=O)NCCCC(C)(C)CO)c(F)c1. The number of halogens is 1. The summed E-state index contributed by atoms with van der Waals surface area (Å²) in [4.78, 5) is 11.8. The van der Waals surface area contributed by atoms with Crippen molar-refractivity contribution in [1.82, 2.24) is 5.32 Å². The quantitative estimate of drug-likeness (QED) is 0.755. The number of aliphatic hydroxyl groups is 1. The van der Waals surface area contributed by atoms with E-state index in [1.54, 1.807) is 6.07 Å². The zero-order valence-corrected chi connectivity index (χ0v) is 12.2. The van der Waals surface area contributed by atoms with Crippen LogP contribution in [0.15, 0.2) is 18.2 Å². The lowest BCUT2D eigenvalue weighted by Crippen LogP contribution is -2.27. The van der Waals surface area contributed by atoms with Crippen LogP contribution in [-0.2, 0) is 0 Å². The minimum Gasteiger partial charge on any atom is -0.497 e. The van der Waals surface area contributed by atoms with Gasteiger partial charge in [-0.05, 0) is 30.4 Å². The molecule has 0 aromatic heterocycles. The second-order valence-electron chi connectivity index (χ2n) is 5.53. The number of rotatable bonds is 7. The molecule has 0 aliphatic carbocycles. The number of benzene rings is 1. The first-order valence-electron chi connectivity index (χ1n) is 6.62. The molecule has 0 heterocycles. The Bertz CT molecular complexity index is 460. The molecule has 4 nitrogen and oxygen atoms in total. The van der Waals surface area contributed by atoms with E-state index in [2.05, 4.69) is 5.32 Å². The van der Waals surface area contributed by atoms with Gasteiger partial charge in [0.05, 0.1) is 12.7 Å². The van der Waals surface area contributed by atoms with Crippen LogP contribution < -0.4 is 10.1 Å². The third-order valence-corrected chi connectivity index (χ3v) is 3.16. The van der Waals surface area contributed by atoms with E-state index >= 15 is 0 Å².